The van der Waals surface area contributed by atoms with E-state index in [0.717, 1.165) is 4.90 Å². The van der Waals surface area contributed by atoms with Gasteiger partial charge in [0.05, 0.1) is 0 Å². The average Bonchev–Trinajstić information content (AvgIpc) is 2.20. The van der Waals surface area contributed by atoms with Gasteiger partial charge in [-0.15, -0.1) is 0 Å². The van der Waals surface area contributed by atoms with Crippen LogP contribution in [0.3, 0.4) is 0 Å². The molecular weight excluding hydrogens is 230 g/mol. The monoisotopic (exact) mass is 243 g/mol. The van der Waals surface area contributed by atoms with Crippen molar-refractivity contribution in [2.45, 2.75) is 17.9 Å². The predicted molar refractivity (Wildman–Crippen MR) is 65.1 cm³/mol. The summed E-state index contributed by atoms with van der Waals surface area (Å²) in [7, 11) is 3.01. The Balaban J connectivity index is 2.32. The van der Waals surface area contributed by atoms with Crippen LogP contribution in [0.15, 0.2) is 29.2 Å². The molecule has 0 aromatic heterocycles. The number of carboxylic acids is 1. The molecule has 0 bridgehead atoms. The van der Waals surface area contributed by atoms with Gasteiger partial charge in [-0.3, -0.25) is 4.79 Å². The fraction of sp³-hybridized carbons (Fsp3) is 0.300. The van der Waals surface area contributed by atoms with Gasteiger partial charge in [0, 0.05) is 10.6 Å². The fourth-order valence-electron chi connectivity index (χ4n) is 0.840. The van der Waals surface area contributed by atoms with E-state index in [1.165, 1.54) is 16.4 Å². The molecule has 1 aromatic rings. The normalized spacial score (nSPS) is 12.4. The maximum absolute atomic E-state index is 10.4. The molecule has 3 nitrogen and oxygen atoms in total. The van der Waals surface area contributed by atoms with E-state index in [-0.39, 0.29) is 0 Å². The molecule has 0 amide bonds. The van der Waals surface area contributed by atoms with Gasteiger partial charge in [0.25, 0.3) is 0 Å². The van der Waals surface area contributed by atoms with Crippen molar-refractivity contribution in [3.8, 4) is 0 Å². The molecule has 3 N–H and O–H groups in total. The molecule has 1 atom stereocenters. The molecule has 0 saturated carbocycles. The van der Waals surface area contributed by atoms with Crippen molar-refractivity contribution in [1.82, 2.24) is 0 Å². The molecule has 0 heterocycles. The number of hydrogen-bond donors (Lipinski definition) is 2. The van der Waals surface area contributed by atoms with Crippen molar-refractivity contribution < 1.29 is 9.90 Å². The van der Waals surface area contributed by atoms with E-state index in [0.29, 0.717) is 5.75 Å². The van der Waals surface area contributed by atoms with Crippen molar-refractivity contribution in [2.75, 3.05) is 5.75 Å². The van der Waals surface area contributed by atoms with Gasteiger partial charge in [0.1, 0.15) is 6.04 Å². The second-order valence-electron chi connectivity index (χ2n) is 3.13. The molecule has 0 saturated heterocycles. The second-order valence-corrected chi connectivity index (χ2v) is 5.54. The highest BCUT2D eigenvalue weighted by molar-refractivity contribution is 8.76. The first kappa shape index (κ1) is 12.4. The van der Waals surface area contributed by atoms with Gasteiger partial charge in [-0.1, -0.05) is 39.3 Å². The number of aliphatic carboxylic acids is 1. The first-order chi connectivity index (χ1) is 7.09. The molecule has 1 rings (SSSR count). The summed E-state index contributed by atoms with van der Waals surface area (Å²) in [4.78, 5) is 11.6. The van der Waals surface area contributed by atoms with Gasteiger partial charge < -0.3 is 10.8 Å². The van der Waals surface area contributed by atoms with Gasteiger partial charge in [-0.2, -0.15) is 0 Å². The maximum atomic E-state index is 10.4. The lowest BCUT2D eigenvalue weighted by Gasteiger charge is -2.05. The maximum Gasteiger partial charge on any atom is 0.321 e. The van der Waals surface area contributed by atoms with E-state index < -0.39 is 12.0 Å². The zero-order valence-electron chi connectivity index (χ0n) is 8.34. The lowest BCUT2D eigenvalue weighted by Crippen LogP contribution is -2.32. The lowest BCUT2D eigenvalue weighted by molar-refractivity contribution is -0.137. The minimum atomic E-state index is -0.952. The summed E-state index contributed by atoms with van der Waals surface area (Å²) >= 11 is 0. The summed E-state index contributed by atoms with van der Waals surface area (Å²) in [6.45, 7) is 2.03. The standard InChI is InChI=1S/C10H13NO2S2/c1-7-2-4-8(5-3-7)15-14-6-9(11)10(12)13/h2-5,9H,6,11H2,1H3,(H,12,13)/t9-/m0/s1. The number of carboxylic acid groups (broad SMARTS) is 1. The van der Waals surface area contributed by atoms with Crippen LogP contribution in [-0.4, -0.2) is 22.9 Å². The van der Waals surface area contributed by atoms with Gasteiger partial charge in [0.2, 0.25) is 0 Å². The Hall–Kier alpha value is -0.650. The minimum absolute atomic E-state index is 0.411. The van der Waals surface area contributed by atoms with Crippen LogP contribution >= 0.6 is 21.6 Å². The van der Waals surface area contributed by atoms with Crippen LogP contribution in [0.25, 0.3) is 0 Å². The summed E-state index contributed by atoms with van der Waals surface area (Å²) in [5.41, 5.74) is 6.59. The molecule has 5 heteroatoms. The summed E-state index contributed by atoms with van der Waals surface area (Å²) in [5, 5.41) is 8.57. The zero-order chi connectivity index (χ0) is 11.3. The van der Waals surface area contributed by atoms with E-state index in [1.807, 2.05) is 31.2 Å². The summed E-state index contributed by atoms with van der Waals surface area (Å²) < 4.78 is 0. The molecule has 0 aliphatic rings. The molecule has 15 heavy (non-hydrogen) atoms. The van der Waals surface area contributed by atoms with Crippen molar-refractivity contribution in [2.24, 2.45) is 5.73 Å². The first-order valence-corrected chi connectivity index (χ1v) is 6.76. The minimum Gasteiger partial charge on any atom is -0.480 e. The Morgan fingerprint density at radius 1 is 1.47 bits per heavy atom. The van der Waals surface area contributed by atoms with Crippen molar-refractivity contribution >= 4 is 27.6 Å². The molecule has 0 spiro atoms. The summed E-state index contributed by atoms with van der Waals surface area (Å²) in [6.07, 6.45) is 0. The van der Waals surface area contributed by atoms with E-state index in [1.54, 1.807) is 10.8 Å². The molecule has 0 fully saturated rings. The Bertz CT molecular complexity index is 327. The number of rotatable bonds is 5. The number of carbonyl (C=O) groups is 1. The van der Waals surface area contributed by atoms with Crippen LogP contribution in [0.5, 0.6) is 0 Å². The quantitative estimate of drug-likeness (QED) is 0.776. The Kier molecular flexibility index (Phi) is 5.01. The Morgan fingerprint density at radius 3 is 2.60 bits per heavy atom. The zero-order valence-corrected chi connectivity index (χ0v) is 9.98. The highest BCUT2D eigenvalue weighted by atomic mass is 33.1. The van der Waals surface area contributed by atoms with Crippen molar-refractivity contribution in [3.05, 3.63) is 29.8 Å². The van der Waals surface area contributed by atoms with Crippen LogP contribution < -0.4 is 5.73 Å². The predicted octanol–water partition coefficient (Wildman–Crippen LogP) is 2.15. The van der Waals surface area contributed by atoms with E-state index in [2.05, 4.69) is 0 Å². The van der Waals surface area contributed by atoms with Crippen LogP contribution in [-0.2, 0) is 4.79 Å². The highest BCUT2D eigenvalue weighted by Gasteiger charge is 2.11. The number of hydrogen-bond acceptors (Lipinski definition) is 4. The largest absolute Gasteiger partial charge is 0.480 e. The topological polar surface area (TPSA) is 63.3 Å². The number of benzene rings is 1. The lowest BCUT2D eigenvalue weighted by atomic mass is 10.2. The highest BCUT2D eigenvalue weighted by Crippen LogP contribution is 2.31. The third-order valence-electron chi connectivity index (χ3n) is 1.74. The van der Waals surface area contributed by atoms with E-state index >= 15 is 0 Å². The molecule has 1 aromatic carbocycles. The third-order valence-corrected chi connectivity index (χ3v) is 4.16. The van der Waals surface area contributed by atoms with Crippen LogP contribution in [0.1, 0.15) is 5.56 Å². The molecule has 82 valence electrons. The number of aryl methyl sites for hydroxylation is 1. The van der Waals surface area contributed by atoms with E-state index in [4.69, 9.17) is 10.8 Å². The third kappa shape index (κ3) is 4.59. The summed E-state index contributed by atoms with van der Waals surface area (Å²) in [6, 6.07) is 7.30. The second kappa shape index (κ2) is 6.05. The van der Waals surface area contributed by atoms with Crippen LogP contribution in [0.4, 0.5) is 0 Å². The molecule has 0 aliphatic heterocycles. The molecule has 0 unspecified atom stereocenters. The molecule has 0 radical (unpaired) electrons. The van der Waals surface area contributed by atoms with Gasteiger partial charge in [-0.25, -0.2) is 0 Å². The smallest absolute Gasteiger partial charge is 0.321 e. The molecular formula is C10H13NO2S2. The van der Waals surface area contributed by atoms with E-state index in [9.17, 15) is 4.79 Å². The van der Waals surface area contributed by atoms with Crippen LogP contribution in [0.2, 0.25) is 0 Å². The van der Waals surface area contributed by atoms with Gasteiger partial charge >= 0.3 is 5.97 Å². The average molecular weight is 243 g/mol. The number of nitrogens with two attached hydrogens (primary N) is 1. The van der Waals surface area contributed by atoms with Crippen molar-refractivity contribution in [1.29, 1.82) is 0 Å². The SMILES string of the molecule is Cc1ccc(SSC[C@H](N)C(=O)O)cc1. The fourth-order valence-corrected chi connectivity index (χ4v) is 2.97. The van der Waals surface area contributed by atoms with Crippen molar-refractivity contribution in [3.63, 3.8) is 0 Å². The Morgan fingerprint density at radius 2 is 2.07 bits per heavy atom. The summed E-state index contributed by atoms with van der Waals surface area (Å²) in [5.74, 6) is -0.541. The van der Waals surface area contributed by atoms with Gasteiger partial charge in [-0.05, 0) is 19.1 Å². The Labute approximate surface area is 96.8 Å². The molecule has 0 aliphatic carbocycles. The van der Waals surface area contributed by atoms with Gasteiger partial charge in [0.15, 0.2) is 0 Å². The van der Waals surface area contributed by atoms with Crippen LogP contribution in [0, 0.1) is 6.92 Å². The first-order valence-electron chi connectivity index (χ1n) is 4.44.